The zero-order valence-electron chi connectivity index (χ0n) is 11.5. The van der Waals surface area contributed by atoms with Crippen LogP contribution in [-0.2, 0) is 0 Å². The van der Waals surface area contributed by atoms with Crippen LogP contribution in [0.4, 0.5) is 0 Å². The summed E-state index contributed by atoms with van der Waals surface area (Å²) in [6, 6.07) is 0. The fourth-order valence-electron chi connectivity index (χ4n) is 2.05. The van der Waals surface area contributed by atoms with E-state index in [2.05, 4.69) is 6.92 Å². The van der Waals surface area contributed by atoms with Crippen molar-refractivity contribution >= 4 is 0 Å². The smallest absolute Gasteiger partial charge is 0.219 e. The predicted octanol–water partition coefficient (Wildman–Crippen LogP) is 3.28. The second kappa shape index (κ2) is 11.0. The quantitative estimate of drug-likeness (QED) is 0.365. The van der Waals surface area contributed by atoms with Crippen molar-refractivity contribution in [3.8, 4) is 0 Å². The van der Waals surface area contributed by atoms with Crippen LogP contribution in [0.15, 0.2) is 0 Å². The van der Waals surface area contributed by atoms with Crippen molar-refractivity contribution in [1.82, 2.24) is 0 Å². The van der Waals surface area contributed by atoms with Crippen molar-refractivity contribution < 1.29 is 10.2 Å². The van der Waals surface area contributed by atoms with Gasteiger partial charge in [-0.3, -0.25) is 5.73 Å². The van der Waals surface area contributed by atoms with Crippen LogP contribution in [0.25, 0.3) is 0 Å². The first-order chi connectivity index (χ1) is 8.06. The standard InChI is InChI=1S/C14H31NO2/c1-2-3-4-5-6-7-8-9-10-11-12-13-14(15,16)17/h16-17H,2-13,15H2,1H3. The van der Waals surface area contributed by atoms with Gasteiger partial charge in [-0.25, -0.2) is 0 Å². The molecule has 104 valence electrons. The van der Waals surface area contributed by atoms with Crippen LogP contribution in [0.1, 0.15) is 84.0 Å². The predicted molar refractivity (Wildman–Crippen MR) is 72.4 cm³/mol. The van der Waals surface area contributed by atoms with Crippen molar-refractivity contribution in [3.05, 3.63) is 0 Å². The van der Waals surface area contributed by atoms with Gasteiger partial charge in [0, 0.05) is 6.42 Å². The van der Waals surface area contributed by atoms with E-state index in [9.17, 15) is 0 Å². The molecule has 0 spiro atoms. The molecule has 0 aromatic carbocycles. The summed E-state index contributed by atoms with van der Waals surface area (Å²) in [5, 5.41) is 17.8. The molecule has 0 aromatic rings. The highest BCUT2D eigenvalue weighted by Gasteiger charge is 2.13. The molecule has 0 radical (unpaired) electrons. The van der Waals surface area contributed by atoms with Gasteiger partial charge in [-0.05, 0) is 6.42 Å². The first kappa shape index (κ1) is 16.9. The number of rotatable bonds is 12. The average molecular weight is 245 g/mol. The van der Waals surface area contributed by atoms with Crippen LogP contribution in [0.3, 0.4) is 0 Å². The van der Waals surface area contributed by atoms with Gasteiger partial charge in [0.05, 0.1) is 0 Å². The van der Waals surface area contributed by atoms with E-state index in [0.717, 1.165) is 12.8 Å². The van der Waals surface area contributed by atoms with Crippen LogP contribution in [0.5, 0.6) is 0 Å². The van der Waals surface area contributed by atoms with Gasteiger partial charge in [0.15, 0.2) is 0 Å². The normalized spacial score (nSPS) is 12.0. The van der Waals surface area contributed by atoms with E-state index in [1.807, 2.05) is 0 Å². The van der Waals surface area contributed by atoms with E-state index in [0.29, 0.717) is 0 Å². The molecule has 0 aliphatic rings. The minimum absolute atomic E-state index is 0.282. The minimum Gasteiger partial charge on any atom is -0.354 e. The van der Waals surface area contributed by atoms with Crippen LogP contribution in [0, 0.1) is 0 Å². The maximum Gasteiger partial charge on any atom is 0.219 e. The van der Waals surface area contributed by atoms with Crippen molar-refractivity contribution in [3.63, 3.8) is 0 Å². The highest BCUT2D eigenvalue weighted by molar-refractivity contribution is 4.55. The fraction of sp³-hybridized carbons (Fsp3) is 1.00. The fourth-order valence-corrected chi connectivity index (χ4v) is 2.05. The van der Waals surface area contributed by atoms with Gasteiger partial charge in [-0.15, -0.1) is 0 Å². The van der Waals surface area contributed by atoms with Crippen molar-refractivity contribution in [1.29, 1.82) is 0 Å². The number of hydrogen-bond acceptors (Lipinski definition) is 3. The summed E-state index contributed by atoms with van der Waals surface area (Å²) < 4.78 is 0. The van der Waals surface area contributed by atoms with Gasteiger partial charge < -0.3 is 10.2 Å². The van der Waals surface area contributed by atoms with Crippen LogP contribution in [0.2, 0.25) is 0 Å². The molecule has 0 saturated carbocycles. The topological polar surface area (TPSA) is 66.5 Å². The van der Waals surface area contributed by atoms with Gasteiger partial charge >= 0.3 is 0 Å². The Morgan fingerprint density at radius 3 is 1.41 bits per heavy atom. The molecule has 0 heterocycles. The number of unbranched alkanes of at least 4 members (excludes halogenated alkanes) is 10. The van der Waals surface area contributed by atoms with Crippen molar-refractivity contribution in [2.45, 2.75) is 89.9 Å². The molecule has 4 N–H and O–H groups in total. The molecule has 0 aliphatic carbocycles. The number of hydrogen-bond donors (Lipinski definition) is 3. The summed E-state index contributed by atoms with van der Waals surface area (Å²) in [6.07, 6.45) is 14.1. The van der Waals surface area contributed by atoms with Crippen LogP contribution < -0.4 is 5.73 Å². The Balaban J connectivity index is 2.99. The van der Waals surface area contributed by atoms with Gasteiger partial charge in [0.25, 0.3) is 0 Å². The van der Waals surface area contributed by atoms with E-state index < -0.39 is 5.91 Å². The minimum atomic E-state index is -1.96. The molecule has 3 nitrogen and oxygen atoms in total. The molecule has 17 heavy (non-hydrogen) atoms. The van der Waals surface area contributed by atoms with Crippen LogP contribution >= 0.6 is 0 Å². The lowest BCUT2D eigenvalue weighted by Gasteiger charge is -2.14. The molecular formula is C14H31NO2. The third kappa shape index (κ3) is 15.9. The molecule has 3 heteroatoms. The third-order valence-corrected chi connectivity index (χ3v) is 3.15. The maximum absolute atomic E-state index is 8.89. The highest BCUT2D eigenvalue weighted by Crippen LogP contribution is 2.13. The lowest BCUT2D eigenvalue weighted by molar-refractivity contribution is -0.160. The molecule has 0 aromatic heterocycles. The monoisotopic (exact) mass is 245 g/mol. The Morgan fingerprint density at radius 1 is 0.706 bits per heavy atom. The van der Waals surface area contributed by atoms with Crippen LogP contribution in [-0.4, -0.2) is 16.1 Å². The zero-order chi connectivity index (χ0) is 13.0. The Hall–Kier alpha value is -0.120. The highest BCUT2D eigenvalue weighted by atomic mass is 16.5. The van der Waals surface area contributed by atoms with E-state index >= 15 is 0 Å². The molecule has 0 amide bonds. The first-order valence-electron chi connectivity index (χ1n) is 7.30. The number of nitrogens with two attached hydrogens (primary N) is 1. The Labute approximate surface area is 106 Å². The zero-order valence-corrected chi connectivity index (χ0v) is 11.5. The lowest BCUT2D eigenvalue weighted by Crippen LogP contribution is -2.38. The maximum atomic E-state index is 8.89. The second-order valence-electron chi connectivity index (χ2n) is 5.16. The molecule has 0 bridgehead atoms. The molecule has 0 aliphatic heterocycles. The number of aliphatic hydroxyl groups is 2. The molecule has 0 fully saturated rings. The first-order valence-corrected chi connectivity index (χ1v) is 7.30. The Kier molecular flexibility index (Phi) is 10.9. The van der Waals surface area contributed by atoms with E-state index in [-0.39, 0.29) is 6.42 Å². The van der Waals surface area contributed by atoms with Gasteiger partial charge in [0.1, 0.15) is 0 Å². The lowest BCUT2D eigenvalue weighted by atomic mass is 10.0. The Morgan fingerprint density at radius 2 is 1.06 bits per heavy atom. The van der Waals surface area contributed by atoms with Gasteiger partial charge in [-0.1, -0.05) is 71.1 Å². The van der Waals surface area contributed by atoms with Gasteiger partial charge in [-0.2, -0.15) is 0 Å². The summed E-state index contributed by atoms with van der Waals surface area (Å²) in [4.78, 5) is 0. The average Bonchev–Trinajstić information content (AvgIpc) is 2.24. The summed E-state index contributed by atoms with van der Waals surface area (Å²) in [5.41, 5.74) is 5.07. The summed E-state index contributed by atoms with van der Waals surface area (Å²) in [6.45, 7) is 2.24. The summed E-state index contributed by atoms with van der Waals surface area (Å²) >= 11 is 0. The van der Waals surface area contributed by atoms with Gasteiger partial charge in [0.2, 0.25) is 5.91 Å². The molecular weight excluding hydrogens is 214 g/mol. The Bertz CT molecular complexity index is 155. The summed E-state index contributed by atoms with van der Waals surface area (Å²) in [5.74, 6) is -1.96. The molecule has 0 atom stereocenters. The molecule has 0 saturated heterocycles. The largest absolute Gasteiger partial charge is 0.354 e. The van der Waals surface area contributed by atoms with E-state index in [1.54, 1.807) is 0 Å². The van der Waals surface area contributed by atoms with E-state index in [1.165, 1.54) is 57.8 Å². The summed E-state index contributed by atoms with van der Waals surface area (Å²) in [7, 11) is 0. The third-order valence-electron chi connectivity index (χ3n) is 3.15. The second-order valence-corrected chi connectivity index (χ2v) is 5.16. The molecule has 0 rings (SSSR count). The van der Waals surface area contributed by atoms with Crippen molar-refractivity contribution in [2.75, 3.05) is 0 Å². The van der Waals surface area contributed by atoms with E-state index in [4.69, 9.17) is 15.9 Å². The van der Waals surface area contributed by atoms with Crippen molar-refractivity contribution in [2.24, 2.45) is 5.73 Å². The molecule has 0 unspecified atom stereocenters. The SMILES string of the molecule is CCCCCCCCCCCCCC(N)(O)O.